The van der Waals surface area contributed by atoms with E-state index < -0.39 is 6.17 Å². The second-order valence-electron chi connectivity index (χ2n) is 6.58. The van der Waals surface area contributed by atoms with Crippen LogP contribution in [0.1, 0.15) is 16.7 Å². The number of Topliss-reactive ketones (excluding diaryl/α,β-unsaturated/α-hetero) is 1. The molecule has 1 aliphatic heterocycles. The smallest absolute Gasteiger partial charge is 0.317 e. The van der Waals surface area contributed by atoms with E-state index >= 15 is 0 Å². The highest BCUT2D eigenvalue weighted by atomic mass is 16.4. The molecule has 0 amide bonds. The molecule has 0 unspecified atom stereocenters. The molecular formula is C22H16N4O3. The van der Waals surface area contributed by atoms with E-state index in [0.717, 1.165) is 22.4 Å². The summed E-state index contributed by atoms with van der Waals surface area (Å²) in [7, 11) is 0. The molecule has 0 fully saturated rings. The minimum atomic E-state index is -0.845. The van der Waals surface area contributed by atoms with Gasteiger partial charge in [0.2, 0.25) is 0 Å². The van der Waals surface area contributed by atoms with Crippen molar-refractivity contribution in [2.45, 2.75) is 12.6 Å². The van der Waals surface area contributed by atoms with Crippen molar-refractivity contribution in [3.8, 4) is 11.7 Å². The van der Waals surface area contributed by atoms with Crippen molar-refractivity contribution >= 4 is 17.5 Å². The van der Waals surface area contributed by atoms with Crippen molar-refractivity contribution in [3.63, 3.8) is 0 Å². The average molecular weight is 384 g/mol. The lowest BCUT2D eigenvalue weighted by molar-refractivity contribution is -0.119. The zero-order valence-corrected chi connectivity index (χ0v) is 15.3. The average Bonchev–Trinajstić information content (AvgIpc) is 3.42. The van der Waals surface area contributed by atoms with Gasteiger partial charge in [0.05, 0.1) is 12.0 Å². The molecule has 0 saturated heterocycles. The number of hydrogen-bond donors (Lipinski definition) is 1. The van der Waals surface area contributed by atoms with Crippen LogP contribution < -0.4 is 5.32 Å². The number of fused-ring (bicyclic) bond motifs is 1. The number of carbonyl (C=O) groups excluding carboxylic acids is 1. The van der Waals surface area contributed by atoms with Crippen molar-refractivity contribution in [3.05, 3.63) is 89.7 Å². The van der Waals surface area contributed by atoms with Crippen molar-refractivity contribution in [2.24, 2.45) is 4.99 Å². The molecule has 0 radical (unpaired) electrons. The van der Waals surface area contributed by atoms with Crippen molar-refractivity contribution in [1.29, 1.82) is 0 Å². The van der Waals surface area contributed by atoms with Gasteiger partial charge in [-0.05, 0) is 17.7 Å². The minimum Gasteiger partial charge on any atom is -0.459 e. The van der Waals surface area contributed by atoms with E-state index in [1.54, 1.807) is 12.1 Å². The first-order valence-corrected chi connectivity index (χ1v) is 9.16. The molecule has 0 aliphatic carbocycles. The van der Waals surface area contributed by atoms with E-state index in [0.29, 0.717) is 5.76 Å². The highest BCUT2D eigenvalue weighted by molar-refractivity contribution is 6.16. The molecule has 0 saturated carbocycles. The third-order valence-corrected chi connectivity index (χ3v) is 4.66. The van der Waals surface area contributed by atoms with Crippen molar-refractivity contribution < 1.29 is 13.6 Å². The Hall–Kier alpha value is -4.00. The summed E-state index contributed by atoms with van der Waals surface area (Å²) in [5.74, 6) is 0.605. The highest BCUT2D eigenvalue weighted by Crippen LogP contribution is 2.24. The number of furan rings is 1. The molecule has 1 N–H and O–H groups in total. The Morgan fingerprint density at radius 2 is 1.76 bits per heavy atom. The minimum absolute atomic E-state index is 0.0823. The van der Waals surface area contributed by atoms with E-state index in [4.69, 9.17) is 13.8 Å². The van der Waals surface area contributed by atoms with Crippen molar-refractivity contribution in [2.75, 3.05) is 5.32 Å². The highest BCUT2D eigenvalue weighted by Gasteiger charge is 2.27. The summed E-state index contributed by atoms with van der Waals surface area (Å²) < 4.78 is 10.9. The lowest BCUT2D eigenvalue weighted by Crippen LogP contribution is -2.29. The summed E-state index contributed by atoms with van der Waals surface area (Å²) >= 11 is 0. The van der Waals surface area contributed by atoms with E-state index in [2.05, 4.69) is 15.5 Å². The molecule has 4 aromatic rings. The molecule has 2 aromatic heterocycles. The standard InChI is InChI=1S/C22H16N4O3/c27-17-13-15-9-4-5-10-16(15)19(14-7-2-1-3-8-14)23-20(17)24-22-26-25-21(29-22)18-11-6-12-28-18/h1-12,20H,13H2,(H,24,26)/t20-/m1/s1. The van der Waals surface area contributed by atoms with Gasteiger partial charge in [0.25, 0.3) is 5.89 Å². The van der Waals surface area contributed by atoms with Crippen LogP contribution in [0.4, 0.5) is 6.01 Å². The maximum Gasteiger partial charge on any atom is 0.317 e. The predicted molar refractivity (Wildman–Crippen MR) is 107 cm³/mol. The van der Waals surface area contributed by atoms with Gasteiger partial charge in [-0.2, -0.15) is 0 Å². The van der Waals surface area contributed by atoms with Gasteiger partial charge in [-0.1, -0.05) is 59.7 Å². The second-order valence-corrected chi connectivity index (χ2v) is 6.58. The van der Waals surface area contributed by atoms with Crippen LogP contribution in [0.5, 0.6) is 0 Å². The number of nitrogens with one attached hydrogen (secondary N) is 1. The fourth-order valence-corrected chi connectivity index (χ4v) is 3.30. The second kappa shape index (κ2) is 7.20. The lowest BCUT2D eigenvalue weighted by Gasteiger charge is -2.11. The molecule has 3 heterocycles. The Morgan fingerprint density at radius 1 is 0.931 bits per heavy atom. The van der Waals surface area contributed by atoms with Gasteiger partial charge >= 0.3 is 6.01 Å². The normalized spacial score (nSPS) is 16.1. The Balaban J connectivity index is 1.52. The maximum absolute atomic E-state index is 12.9. The van der Waals surface area contributed by atoms with Crippen LogP contribution in [0, 0.1) is 0 Å². The van der Waals surface area contributed by atoms with E-state index in [9.17, 15) is 4.79 Å². The molecule has 142 valence electrons. The number of aromatic nitrogens is 2. The third-order valence-electron chi connectivity index (χ3n) is 4.66. The van der Waals surface area contributed by atoms with Gasteiger partial charge in [0.15, 0.2) is 17.7 Å². The number of benzene rings is 2. The van der Waals surface area contributed by atoms with Crippen LogP contribution in [-0.2, 0) is 11.2 Å². The third kappa shape index (κ3) is 3.34. The Labute approximate surface area is 166 Å². The molecule has 5 rings (SSSR count). The molecular weight excluding hydrogens is 368 g/mol. The zero-order chi connectivity index (χ0) is 19.6. The van der Waals surface area contributed by atoms with Crippen molar-refractivity contribution in [1.82, 2.24) is 10.2 Å². The van der Waals surface area contributed by atoms with Crippen LogP contribution in [0.3, 0.4) is 0 Å². The summed E-state index contributed by atoms with van der Waals surface area (Å²) in [6, 6.07) is 21.2. The predicted octanol–water partition coefficient (Wildman–Crippen LogP) is 3.73. The fourth-order valence-electron chi connectivity index (χ4n) is 3.30. The van der Waals surface area contributed by atoms with Gasteiger partial charge in [-0.3, -0.25) is 9.79 Å². The molecule has 0 spiro atoms. The number of rotatable bonds is 4. The van der Waals surface area contributed by atoms with Crippen LogP contribution in [0.15, 0.2) is 86.8 Å². The van der Waals surface area contributed by atoms with Gasteiger partial charge in [-0.15, -0.1) is 5.10 Å². The first kappa shape index (κ1) is 17.1. The molecule has 29 heavy (non-hydrogen) atoms. The Morgan fingerprint density at radius 3 is 2.59 bits per heavy atom. The van der Waals surface area contributed by atoms with Crippen LogP contribution in [0.2, 0.25) is 0 Å². The number of aliphatic imine (C=N–C) groups is 1. The number of hydrogen-bond acceptors (Lipinski definition) is 7. The molecule has 1 atom stereocenters. The van der Waals surface area contributed by atoms with Gasteiger partial charge in [0.1, 0.15) is 0 Å². The molecule has 7 nitrogen and oxygen atoms in total. The largest absolute Gasteiger partial charge is 0.459 e. The number of anilines is 1. The summed E-state index contributed by atoms with van der Waals surface area (Å²) in [4.78, 5) is 17.7. The number of ketones is 1. The quantitative estimate of drug-likeness (QED) is 0.576. The first-order valence-electron chi connectivity index (χ1n) is 9.16. The summed E-state index contributed by atoms with van der Waals surface area (Å²) in [6.45, 7) is 0. The van der Waals surface area contributed by atoms with Crippen LogP contribution in [-0.4, -0.2) is 27.9 Å². The Kier molecular flexibility index (Phi) is 4.25. The number of nitrogens with zero attached hydrogens (tertiary/aromatic N) is 3. The monoisotopic (exact) mass is 384 g/mol. The van der Waals surface area contributed by atoms with Crippen LogP contribution >= 0.6 is 0 Å². The topological polar surface area (TPSA) is 93.5 Å². The van der Waals surface area contributed by atoms with Gasteiger partial charge in [-0.25, -0.2) is 0 Å². The molecule has 1 aliphatic rings. The summed E-state index contributed by atoms with van der Waals surface area (Å²) in [6.07, 6.45) is 0.935. The molecule has 2 aromatic carbocycles. The molecule has 7 heteroatoms. The van der Waals surface area contributed by atoms with E-state index in [1.807, 2.05) is 54.6 Å². The first-order chi connectivity index (χ1) is 14.3. The van der Waals surface area contributed by atoms with Gasteiger partial charge in [0, 0.05) is 17.5 Å². The summed E-state index contributed by atoms with van der Waals surface area (Å²) in [5, 5.41) is 10.9. The lowest BCUT2D eigenvalue weighted by atomic mass is 9.96. The molecule has 0 bridgehead atoms. The van der Waals surface area contributed by atoms with E-state index in [1.165, 1.54) is 6.26 Å². The van der Waals surface area contributed by atoms with E-state index in [-0.39, 0.29) is 24.1 Å². The SMILES string of the molecule is O=C1Cc2ccccc2C(c2ccccc2)=N[C@@H]1Nc1nnc(-c2ccco2)o1. The number of carbonyl (C=O) groups is 1. The summed E-state index contributed by atoms with van der Waals surface area (Å²) in [5.41, 5.74) is 3.56. The zero-order valence-electron chi connectivity index (χ0n) is 15.3. The van der Waals surface area contributed by atoms with Crippen LogP contribution in [0.25, 0.3) is 11.7 Å². The fraction of sp³-hybridized carbons (Fsp3) is 0.0909. The maximum atomic E-state index is 12.9. The van der Waals surface area contributed by atoms with Gasteiger partial charge < -0.3 is 14.2 Å². The Bertz CT molecular complexity index is 1180.